The standard InChI is InChI=1S/C15H21BrN2O2/c1-2-8-18-9-6-15(7-10-18,14(19)20)17-13-5-3-4-12(16)11-13/h3-5,11,17H,2,6-10H2,1H3,(H,19,20). The summed E-state index contributed by atoms with van der Waals surface area (Å²) in [6, 6.07) is 7.67. The molecule has 2 N–H and O–H groups in total. The lowest BCUT2D eigenvalue weighted by Gasteiger charge is -2.40. The maximum Gasteiger partial charge on any atom is 0.329 e. The molecule has 0 aliphatic carbocycles. The molecule has 110 valence electrons. The normalized spacial score (nSPS) is 18.7. The van der Waals surface area contributed by atoms with Crippen molar-refractivity contribution in [3.63, 3.8) is 0 Å². The molecule has 1 fully saturated rings. The molecule has 1 aliphatic heterocycles. The minimum Gasteiger partial charge on any atom is -0.480 e. The molecule has 1 saturated heterocycles. The summed E-state index contributed by atoms with van der Waals surface area (Å²) in [6.07, 6.45) is 2.38. The van der Waals surface area contributed by atoms with Crippen molar-refractivity contribution in [3.8, 4) is 0 Å². The fraction of sp³-hybridized carbons (Fsp3) is 0.533. The molecule has 1 aliphatic rings. The van der Waals surface area contributed by atoms with Gasteiger partial charge in [0, 0.05) is 23.2 Å². The number of benzene rings is 1. The van der Waals surface area contributed by atoms with Crippen LogP contribution < -0.4 is 5.32 Å². The Bertz CT molecular complexity index is 471. The van der Waals surface area contributed by atoms with Crippen LogP contribution in [0, 0.1) is 0 Å². The van der Waals surface area contributed by atoms with E-state index < -0.39 is 11.5 Å². The number of carboxylic acid groups (broad SMARTS) is 1. The number of nitrogens with one attached hydrogen (secondary N) is 1. The number of likely N-dealkylation sites (tertiary alicyclic amines) is 1. The summed E-state index contributed by atoms with van der Waals surface area (Å²) in [5, 5.41) is 12.9. The number of anilines is 1. The van der Waals surface area contributed by atoms with E-state index in [0.717, 1.165) is 36.2 Å². The van der Waals surface area contributed by atoms with Crippen molar-refractivity contribution in [2.45, 2.75) is 31.7 Å². The SMILES string of the molecule is CCCN1CCC(Nc2cccc(Br)c2)(C(=O)O)CC1. The fourth-order valence-corrected chi connectivity index (χ4v) is 3.11. The Kier molecular flexibility index (Phi) is 5.05. The van der Waals surface area contributed by atoms with E-state index in [4.69, 9.17) is 0 Å². The fourth-order valence-electron chi connectivity index (χ4n) is 2.71. The van der Waals surface area contributed by atoms with Gasteiger partial charge in [-0.1, -0.05) is 28.9 Å². The largest absolute Gasteiger partial charge is 0.480 e. The minimum absolute atomic E-state index is 0.634. The smallest absolute Gasteiger partial charge is 0.329 e. The van der Waals surface area contributed by atoms with Crippen molar-refractivity contribution in [1.29, 1.82) is 0 Å². The number of piperidine rings is 1. The predicted octanol–water partition coefficient (Wildman–Crippen LogP) is 3.19. The summed E-state index contributed by atoms with van der Waals surface area (Å²) >= 11 is 3.42. The Hall–Kier alpha value is -1.07. The lowest BCUT2D eigenvalue weighted by molar-refractivity contribution is -0.144. The van der Waals surface area contributed by atoms with E-state index in [0.29, 0.717) is 12.8 Å². The summed E-state index contributed by atoms with van der Waals surface area (Å²) < 4.78 is 0.950. The summed E-state index contributed by atoms with van der Waals surface area (Å²) in [7, 11) is 0. The number of hydrogen-bond donors (Lipinski definition) is 2. The first-order chi connectivity index (χ1) is 9.55. The summed E-state index contributed by atoms with van der Waals surface area (Å²) in [5.74, 6) is -0.756. The summed E-state index contributed by atoms with van der Waals surface area (Å²) in [6.45, 7) is 4.87. The van der Waals surface area contributed by atoms with Gasteiger partial charge in [0.25, 0.3) is 0 Å². The van der Waals surface area contributed by atoms with Crippen LogP contribution in [0.3, 0.4) is 0 Å². The second-order valence-corrected chi connectivity index (χ2v) is 6.28. The summed E-state index contributed by atoms with van der Waals surface area (Å²) in [5.41, 5.74) is 0.0103. The zero-order valence-electron chi connectivity index (χ0n) is 11.7. The topological polar surface area (TPSA) is 52.6 Å². The minimum atomic E-state index is -0.842. The van der Waals surface area contributed by atoms with Crippen LogP contribution in [0.1, 0.15) is 26.2 Å². The third-order valence-corrected chi connectivity index (χ3v) is 4.36. The molecule has 20 heavy (non-hydrogen) atoms. The zero-order valence-corrected chi connectivity index (χ0v) is 13.3. The highest BCUT2D eigenvalue weighted by Gasteiger charge is 2.41. The molecule has 1 aromatic rings. The molecule has 0 amide bonds. The van der Waals surface area contributed by atoms with E-state index in [1.54, 1.807) is 0 Å². The quantitative estimate of drug-likeness (QED) is 0.864. The van der Waals surface area contributed by atoms with Gasteiger partial charge in [-0.2, -0.15) is 0 Å². The molecule has 0 saturated carbocycles. The van der Waals surface area contributed by atoms with Gasteiger partial charge in [-0.25, -0.2) is 4.79 Å². The second kappa shape index (κ2) is 6.59. The first kappa shape index (κ1) is 15.3. The third-order valence-electron chi connectivity index (χ3n) is 3.87. The molecule has 5 heteroatoms. The molecular formula is C15H21BrN2O2. The van der Waals surface area contributed by atoms with E-state index >= 15 is 0 Å². The molecule has 0 unspecified atom stereocenters. The van der Waals surface area contributed by atoms with Crippen LogP contribution in [0.5, 0.6) is 0 Å². The van der Waals surface area contributed by atoms with E-state index in [1.807, 2.05) is 24.3 Å². The van der Waals surface area contributed by atoms with Gasteiger partial charge in [0.15, 0.2) is 0 Å². The predicted molar refractivity (Wildman–Crippen MR) is 84.1 cm³/mol. The van der Waals surface area contributed by atoms with Gasteiger partial charge in [-0.15, -0.1) is 0 Å². The van der Waals surface area contributed by atoms with E-state index in [9.17, 15) is 9.90 Å². The van der Waals surface area contributed by atoms with Crippen molar-refractivity contribution in [2.24, 2.45) is 0 Å². The number of nitrogens with zero attached hydrogens (tertiary/aromatic N) is 1. The van der Waals surface area contributed by atoms with Crippen LogP contribution in [0.2, 0.25) is 0 Å². The molecule has 1 heterocycles. The molecule has 0 radical (unpaired) electrons. The number of carboxylic acids is 1. The van der Waals surface area contributed by atoms with Gasteiger partial charge in [-0.3, -0.25) is 0 Å². The molecular weight excluding hydrogens is 320 g/mol. The highest BCUT2D eigenvalue weighted by atomic mass is 79.9. The molecule has 4 nitrogen and oxygen atoms in total. The number of hydrogen-bond acceptors (Lipinski definition) is 3. The number of carbonyl (C=O) groups is 1. The van der Waals surface area contributed by atoms with E-state index in [2.05, 4.69) is 33.1 Å². The van der Waals surface area contributed by atoms with Crippen molar-refractivity contribution in [3.05, 3.63) is 28.7 Å². The van der Waals surface area contributed by atoms with Crippen LogP contribution in [0.25, 0.3) is 0 Å². The van der Waals surface area contributed by atoms with E-state index in [-0.39, 0.29) is 0 Å². The van der Waals surface area contributed by atoms with Crippen LogP contribution in [0.15, 0.2) is 28.7 Å². The highest BCUT2D eigenvalue weighted by Crippen LogP contribution is 2.28. The first-order valence-electron chi connectivity index (χ1n) is 7.05. The van der Waals surface area contributed by atoms with Gasteiger partial charge < -0.3 is 15.3 Å². The van der Waals surface area contributed by atoms with Crippen LogP contribution in [-0.2, 0) is 4.79 Å². The third kappa shape index (κ3) is 3.52. The van der Waals surface area contributed by atoms with Crippen LogP contribution >= 0.6 is 15.9 Å². The van der Waals surface area contributed by atoms with Crippen LogP contribution in [0.4, 0.5) is 5.69 Å². The Morgan fingerprint density at radius 2 is 2.15 bits per heavy atom. The average Bonchev–Trinajstić information content (AvgIpc) is 2.41. The number of halogens is 1. The Labute approximate surface area is 128 Å². The number of rotatable bonds is 5. The van der Waals surface area contributed by atoms with Gasteiger partial charge >= 0.3 is 5.97 Å². The maximum atomic E-state index is 11.7. The second-order valence-electron chi connectivity index (χ2n) is 5.36. The molecule has 0 atom stereocenters. The number of aliphatic carboxylic acids is 1. The Balaban J connectivity index is 2.10. The zero-order chi connectivity index (χ0) is 14.6. The molecule has 0 aromatic heterocycles. The lowest BCUT2D eigenvalue weighted by atomic mass is 9.87. The first-order valence-corrected chi connectivity index (χ1v) is 7.84. The maximum absolute atomic E-state index is 11.7. The van der Waals surface area contributed by atoms with Crippen molar-refractivity contribution >= 4 is 27.6 Å². The van der Waals surface area contributed by atoms with Crippen molar-refractivity contribution < 1.29 is 9.90 Å². The van der Waals surface area contributed by atoms with Crippen molar-refractivity contribution in [1.82, 2.24) is 4.90 Å². The molecule has 0 bridgehead atoms. The van der Waals surface area contributed by atoms with E-state index in [1.165, 1.54) is 0 Å². The van der Waals surface area contributed by atoms with Gasteiger partial charge in [-0.05, 0) is 44.0 Å². The highest BCUT2D eigenvalue weighted by molar-refractivity contribution is 9.10. The molecule has 2 rings (SSSR count). The molecule has 1 aromatic carbocycles. The van der Waals surface area contributed by atoms with Crippen LogP contribution in [-0.4, -0.2) is 41.1 Å². The van der Waals surface area contributed by atoms with Gasteiger partial charge in [0.1, 0.15) is 5.54 Å². The van der Waals surface area contributed by atoms with Gasteiger partial charge in [0.2, 0.25) is 0 Å². The Morgan fingerprint density at radius 1 is 1.45 bits per heavy atom. The summed E-state index contributed by atoms with van der Waals surface area (Å²) in [4.78, 5) is 14.1. The lowest BCUT2D eigenvalue weighted by Crippen LogP contribution is -2.54. The Morgan fingerprint density at radius 3 is 2.70 bits per heavy atom. The van der Waals surface area contributed by atoms with Crippen molar-refractivity contribution in [2.75, 3.05) is 25.0 Å². The molecule has 0 spiro atoms. The van der Waals surface area contributed by atoms with Gasteiger partial charge in [0.05, 0.1) is 0 Å². The monoisotopic (exact) mass is 340 g/mol. The average molecular weight is 341 g/mol.